The van der Waals surface area contributed by atoms with Gasteiger partial charge in [-0.25, -0.2) is 0 Å². The van der Waals surface area contributed by atoms with Gasteiger partial charge in [-0.1, -0.05) is 32.9 Å². The average Bonchev–Trinajstić information content (AvgIpc) is 2.91. The Balaban J connectivity index is 0.000000704. The van der Waals surface area contributed by atoms with Gasteiger partial charge in [-0.3, -0.25) is 9.59 Å². The van der Waals surface area contributed by atoms with E-state index in [9.17, 15) is 9.59 Å². The summed E-state index contributed by atoms with van der Waals surface area (Å²) in [5.74, 6) is 0. The van der Waals surface area contributed by atoms with E-state index in [1.807, 2.05) is 32.0 Å². The molecule has 0 amide bonds. The van der Waals surface area contributed by atoms with Crippen molar-refractivity contribution < 1.29 is 0 Å². The van der Waals surface area contributed by atoms with Crippen molar-refractivity contribution >= 4 is 16.6 Å². The van der Waals surface area contributed by atoms with Gasteiger partial charge in [0.15, 0.2) is 0 Å². The largest absolute Gasteiger partial charge is 0.394 e. The van der Waals surface area contributed by atoms with Crippen LogP contribution in [0.1, 0.15) is 26.3 Å². The number of benzene rings is 1. The van der Waals surface area contributed by atoms with Crippen molar-refractivity contribution in [3.8, 4) is 5.69 Å². The fourth-order valence-corrected chi connectivity index (χ4v) is 2.23. The predicted molar refractivity (Wildman–Crippen MR) is 83.3 cm³/mol. The van der Waals surface area contributed by atoms with E-state index in [1.54, 1.807) is 10.8 Å². The van der Waals surface area contributed by atoms with Crippen LogP contribution in [0.3, 0.4) is 0 Å². The molecule has 4 heteroatoms. The summed E-state index contributed by atoms with van der Waals surface area (Å²) in [6, 6.07) is 7.99. The zero-order chi connectivity index (χ0) is 14.9. The molecule has 2 N–H and O–H groups in total. The number of hydrogen-bond acceptors (Lipinski definition) is 3. The van der Waals surface area contributed by atoms with Gasteiger partial charge in [0.2, 0.25) is 0 Å². The maximum Gasteiger partial charge on any atom is 0.254 e. The highest BCUT2D eigenvalue weighted by Crippen LogP contribution is 2.22. The minimum atomic E-state index is -0.585. The number of fused-ring (bicyclic) bond motifs is 1. The van der Waals surface area contributed by atoms with Crippen LogP contribution in [0, 0.1) is 0 Å². The first kappa shape index (κ1) is 14.1. The Hall–Kier alpha value is -2.36. The zero-order valence-corrected chi connectivity index (χ0v) is 11.9. The van der Waals surface area contributed by atoms with Crippen LogP contribution in [-0.4, -0.2) is 4.57 Å². The molecule has 0 aliphatic heterocycles. The number of nitrogen functional groups attached to an aromatic ring is 1. The molecule has 0 saturated heterocycles. The lowest BCUT2D eigenvalue weighted by Crippen LogP contribution is -2.38. The second-order valence-corrected chi connectivity index (χ2v) is 4.35. The number of hydrogen-bond donors (Lipinski definition) is 1. The van der Waals surface area contributed by atoms with Crippen LogP contribution in [0.15, 0.2) is 40.1 Å². The van der Waals surface area contributed by atoms with E-state index < -0.39 is 10.9 Å². The van der Waals surface area contributed by atoms with Crippen molar-refractivity contribution in [1.82, 2.24) is 4.57 Å². The molecule has 0 aliphatic carbocycles. The monoisotopic (exact) mass is 270 g/mol. The maximum absolute atomic E-state index is 11.6. The highest BCUT2D eigenvalue weighted by atomic mass is 16.2. The first-order chi connectivity index (χ1) is 9.63. The third-order valence-corrected chi connectivity index (χ3v) is 3.33. The first-order valence-corrected chi connectivity index (χ1v) is 6.82. The number of aromatic nitrogens is 1. The van der Waals surface area contributed by atoms with E-state index in [2.05, 4.69) is 13.0 Å². The van der Waals surface area contributed by atoms with Crippen LogP contribution in [0.25, 0.3) is 16.6 Å². The van der Waals surface area contributed by atoms with Crippen LogP contribution in [0.2, 0.25) is 0 Å². The van der Waals surface area contributed by atoms with Crippen molar-refractivity contribution in [3.05, 3.63) is 56.5 Å². The van der Waals surface area contributed by atoms with Gasteiger partial charge in [-0.2, -0.15) is 0 Å². The van der Waals surface area contributed by atoms with E-state index in [1.165, 1.54) is 5.56 Å². The van der Waals surface area contributed by atoms with Crippen molar-refractivity contribution in [1.29, 1.82) is 0 Å². The van der Waals surface area contributed by atoms with E-state index >= 15 is 0 Å². The number of anilines is 1. The second kappa shape index (κ2) is 5.33. The highest BCUT2D eigenvalue weighted by molar-refractivity contribution is 5.84. The number of aryl methyl sites for hydroxylation is 1. The lowest BCUT2D eigenvalue weighted by molar-refractivity contribution is 1.07. The zero-order valence-electron chi connectivity index (χ0n) is 11.9. The summed E-state index contributed by atoms with van der Waals surface area (Å²) < 4.78 is 1.70. The van der Waals surface area contributed by atoms with Crippen molar-refractivity contribution in [3.63, 3.8) is 0 Å². The molecule has 2 aromatic carbocycles. The van der Waals surface area contributed by atoms with Crippen LogP contribution < -0.4 is 16.6 Å². The molecular formula is C16H18N2O2. The summed E-state index contributed by atoms with van der Waals surface area (Å²) in [5.41, 5.74) is 6.95. The van der Waals surface area contributed by atoms with Crippen molar-refractivity contribution in [2.45, 2.75) is 27.2 Å². The summed E-state index contributed by atoms with van der Waals surface area (Å²) in [4.78, 5) is 22.7. The fourth-order valence-electron chi connectivity index (χ4n) is 2.23. The Morgan fingerprint density at radius 3 is 2.40 bits per heavy atom. The average molecular weight is 270 g/mol. The molecule has 1 heterocycles. The van der Waals surface area contributed by atoms with Gasteiger partial charge in [-0.15, -0.1) is 0 Å². The quantitative estimate of drug-likeness (QED) is 0.727. The molecule has 0 atom stereocenters. The van der Waals surface area contributed by atoms with Gasteiger partial charge in [0.05, 0.1) is 5.52 Å². The SMILES string of the molecule is CC.CCc1ccc2ccn(-c3c(N)c(=O)c3=O)c2c1. The Labute approximate surface area is 117 Å². The van der Waals surface area contributed by atoms with E-state index in [-0.39, 0.29) is 5.69 Å². The van der Waals surface area contributed by atoms with Crippen LogP contribution in [0.4, 0.5) is 5.69 Å². The molecular weight excluding hydrogens is 252 g/mol. The Morgan fingerprint density at radius 2 is 1.80 bits per heavy atom. The lowest BCUT2D eigenvalue weighted by atomic mass is 10.1. The summed E-state index contributed by atoms with van der Waals surface area (Å²) in [6.45, 7) is 6.07. The van der Waals surface area contributed by atoms with E-state index in [4.69, 9.17) is 5.73 Å². The molecule has 0 bridgehead atoms. The molecule has 1 aromatic heterocycles. The van der Waals surface area contributed by atoms with Gasteiger partial charge in [0.1, 0.15) is 11.4 Å². The van der Waals surface area contributed by atoms with Crippen LogP contribution in [0.5, 0.6) is 0 Å². The fraction of sp³-hybridized carbons (Fsp3) is 0.250. The molecule has 0 aliphatic rings. The maximum atomic E-state index is 11.6. The summed E-state index contributed by atoms with van der Waals surface area (Å²) in [6.07, 6.45) is 2.69. The van der Waals surface area contributed by atoms with E-state index in [0.29, 0.717) is 5.69 Å². The number of nitrogens with zero attached hydrogens (tertiary/aromatic N) is 1. The molecule has 104 valence electrons. The molecule has 0 saturated carbocycles. The Kier molecular flexibility index (Phi) is 3.74. The van der Waals surface area contributed by atoms with Crippen LogP contribution >= 0.6 is 0 Å². The molecule has 3 rings (SSSR count). The highest BCUT2D eigenvalue weighted by Gasteiger charge is 2.20. The third kappa shape index (κ3) is 1.93. The lowest BCUT2D eigenvalue weighted by Gasteiger charge is -2.10. The Morgan fingerprint density at radius 1 is 1.10 bits per heavy atom. The van der Waals surface area contributed by atoms with Crippen LogP contribution in [-0.2, 0) is 6.42 Å². The molecule has 0 unspecified atom stereocenters. The molecule has 3 aromatic rings. The van der Waals surface area contributed by atoms with Crippen molar-refractivity contribution in [2.75, 3.05) is 5.73 Å². The topological polar surface area (TPSA) is 65.1 Å². The first-order valence-electron chi connectivity index (χ1n) is 6.82. The molecule has 0 radical (unpaired) electrons. The normalized spacial score (nSPS) is 10.6. The van der Waals surface area contributed by atoms with Crippen molar-refractivity contribution in [2.24, 2.45) is 0 Å². The second-order valence-electron chi connectivity index (χ2n) is 4.35. The predicted octanol–water partition coefficient (Wildman–Crippen LogP) is 2.40. The van der Waals surface area contributed by atoms with Gasteiger partial charge >= 0.3 is 0 Å². The third-order valence-electron chi connectivity index (χ3n) is 3.33. The molecule has 0 fully saturated rings. The molecule has 4 nitrogen and oxygen atoms in total. The molecule has 20 heavy (non-hydrogen) atoms. The van der Waals surface area contributed by atoms with Gasteiger partial charge in [-0.05, 0) is 29.5 Å². The molecule has 0 spiro atoms. The van der Waals surface area contributed by atoms with E-state index in [0.717, 1.165) is 17.3 Å². The number of nitrogens with two attached hydrogens (primary N) is 1. The summed E-state index contributed by atoms with van der Waals surface area (Å²) in [5, 5.41) is 1.03. The summed E-state index contributed by atoms with van der Waals surface area (Å²) >= 11 is 0. The van der Waals surface area contributed by atoms with Gasteiger partial charge < -0.3 is 10.3 Å². The minimum Gasteiger partial charge on any atom is -0.394 e. The number of rotatable bonds is 2. The minimum absolute atomic E-state index is 0.0550. The standard InChI is InChI=1S/C14H12N2O2.C2H6/c1-2-8-3-4-9-5-6-16(10(9)7-8)12-11(15)13(17)14(12)18;1-2/h3-7H,2,15H2,1H3;1-2H3. The summed E-state index contributed by atoms with van der Waals surface area (Å²) in [7, 11) is 0. The van der Waals surface area contributed by atoms with Gasteiger partial charge in [0, 0.05) is 6.20 Å². The van der Waals surface area contributed by atoms with Gasteiger partial charge in [0.25, 0.3) is 10.9 Å². The smallest absolute Gasteiger partial charge is 0.254 e. The Bertz CT molecular complexity index is 821.